The van der Waals surface area contributed by atoms with Gasteiger partial charge in [0.15, 0.2) is 0 Å². The van der Waals surface area contributed by atoms with Crippen LogP contribution in [0.1, 0.15) is 24.5 Å². The van der Waals surface area contributed by atoms with E-state index < -0.39 is 11.9 Å². The summed E-state index contributed by atoms with van der Waals surface area (Å²) in [5.41, 5.74) is 0.966. The van der Waals surface area contributed by atoms with E-state index in [9.17, 15) is 9.50 Å². The second-order valence-electron chi connectivity index (χ2n) is 3.47. The highest BCUT2D eigenvalue weighted by atomic mass is 19.1. The van der Waals surface area contributed by atoms with Crippen LogP contribution in [-0.4, -0.2) is 16.7 Å². The number of hydrogen-bond donors (Lipinski definition) is 1. The number of aliphatic hydroxyl groups is 1. The van der Waals surface area contributed by atoms with Crippen molar-refractivity contribution in [2.75, 3.05) is 6.61 Å². The van der Waals surface area contributed by atoms with E-state index in [2.05, 4.69) is 4.98 Å². The van der Waals surface area contributed by atoms with Crippen molar-refractivity contribution in [3.63, 3.8) is 0 Å². The van der Waals surface area contributed by atoms with Gasteiger partial charge in [-0.3, -0.25) is 4.98 Å². The molecular formula is C11H12FNO2. The molecule has 15 heavy (non-hydrogen) atoms. The van der Waals surface area contributed by atoms with Crippen LogP contribution in [0.2, 0.25) is 0 Å². The quantitative estimate of drug-likeness (QED) is 0.809. The summed E-state index contributed by atoms with van der Waals surface area (Å²) < 4.78 is 18.4. The van der Waals surface area contributed by atoms with Crippen LogP contribution in [0, 0.1) is 5.82 Å². The first kappa shape index (κ1) is 10.1. The van der Waals surface area contributed by atoms with E-state index in [0.717, 1.165) is 19.0 Å². The fourth-order valence-corrected chi connectivity index (χ4v) is 1.59. The lowest BCUT2D eigenvalue weighted by Gasteiger charge is -2.19. The topological polar surface area (TPSA) is 42.4 Å². The molecule has 0 bridgehead atoms. The molecule has 0 saturated heterocycles. The molecule has 0 aliphatic carbocycles. The summed E-state index contributed by atoms with van der Waals surface area (Å²) in [6.07, 6.45) is 4.76. The van der Waals surface area contributed by atoms with Crippen LogP contribution in [0.25, 0.3) is 0 Å². The van der Waals surface area contributed by atoms with Crippen LogP contribution in [0.5, 0.6) is 0 Å². The van der Waals surface area contributed by atoms with E-state index in [0.29, 0.717) is 12.2 Å². The first-order valence-corrected chi connectivity index (χ1v) is 4.87. The molecule has 1 N–H and O–H groups in total. The average Bonchev–Trinajstić information content (AvgIpc) is 2.30. The maximum atomic E-state index is 13.3. The van der Waals surface area contributed by atoms with Crippen molar-refractivity contribution in [3.8, 4) is 0 Å². The molecule has 0 spiro atoms. The molecule has 0 fully saturated rings. The third kappa shape index (κ3) is 2.15. The van der Waals surface area contributed by atoms with E-state index in [1.807, 2.05) is 0 Å². The third-order valence-electron chi connectivity index (χ3n) is 2.41. The van der Waals surface area contributed by atoms with Crippen molar-refractivity contribution in [1.82, 2.24) is 4.98 Å². The molecule has 0 amide bonds. The van der Waals surface area contributed by atoms with Crippen molar-refractivity contribution >= 4 is 0 Å². The lowest BCUT2D eigenvalue weighted by molar-refractivity contribution is 0.167. The minimum absolute atomic E-state index is 0.252. The number of ether oxygens (including phenoxy) is 1. The van der Waals surface area contributed by atoms with Gasteiger partial charge in [0.25, 0.3) is 0 Å². The molecule has 1 atom stereocenters. The monoisotopic (exact) mass is 209 g/mol. The maximum Gasteiger partial charge on any atom is 0.147 e. The number of nitrogens with zero attached hydrogens (tertiary/aromatic N) is 1. The molecule has 4 heteroatoms. The zero-order valence-corrected chi connectivity index (χ0v) is 8.19. The van der Waals surface area contributed by atoms with Crippen LogP contribution in [-0.2, 0) is 4.74 Å². The molecule has 0 radical (unpaired) electrons. The van der Waals surface area contributed by atoms with Gasteiger partial charge in [-0.2, -0.15) is 0 Å². The predicted molar refractivity (Wildman–Crippen MR) is 52.4 cm³/mol. The molecule has 1 aliphatic heterocycles. The Kier molecular flexibility index (Phi) is 2.97. The van der Waals surface area contributed by atoms with Gasteiger partial charge < -0.3 is 9.84 Å². The second-order valence-corrected chi connectivity index (χ2v) is 3.47. The van der Waals surface area contributed by atoms with Crippen LogP contribution in [0.3, 0.4) is 0 Å². The zero-order chi connectivity index (χ0) is 10.7. The minimum atomic E-state index is -0.923. The molecule has 1 aliphatic rings. The third-order valence-corrected chi connectivity index (χ3v) is 2.41. The van der Waals surface area contributed by atoms with E-state index in [1.54, 1.807) is 0 Å². The van der Waals surface area contributed by atoms with Crippen molar-refractivity contribution in [2.45, 2.75) is 18.9 Å². The summed E-state index contributed by atoms with van der Waals surface area (Å²) in [4.78, 5) is 3.64. The van der Waals surface area contributed by atoms with Crippen LogP contribution in [0.15, 0.2) is 30.3 Å². The van der Waals surface area contributed by atoms with Crippen LogP contribution in [0.4, 0.5) is 4.39 Å². The average molecular weight is 209 g/mol. The Morgan fingerprint density at radius 1 is 1.53 bits per heavy atom. The second kappa shape index (κ2) is 4.40. The van der Waals surface area contributed by atoms with E-state index in [4.69, 9.17) is 4.74 Å². The number of halogens is 1. The summed E-state index contributed by atoms with van der Waals surface area (Å²) in [6, 6.07) is 1.48. The van der Waals surface area contributed by atoms with Crippen molar-refractivity contribution in [3.05, 3.63) is 41.7 Å². The van der Waals surface area contributed by atoms with E-state index >= 15 is 0 Å². The standard InChI is InChI=1S/C11H12FNO2/c12-10-6-13-4-3-9(10)11(14)8-2-1-5-15-7-8/h3-4,6-7,11,14H,1-2,5H2. The minimum Gasteiger partial charge on any atom is -0.501 e. The number of aromatic nitrogens is 1. The van der Waals surface area contributed by atoms with Gasteiger partial charge in [-0.25, -0.2) is 4.39 Å². The molecule has 80 valence electrons. The maximum absolute atomic E-state index is 13.3. The number of rotatable bonds is 2. The van der Waals surface area contributed by atoms with E-state index in [-0.39, 0.29) is 5.56 Å². The molecule has 0 aromatic carbocycles. The zero-order valence-electron chi connectivity index (χ0n) is 8.19. The highest BCUT2D eigenvalue weighted by Crippen LogP contribution is 2.28. The van der Waals surface area contributed by atoms with Gasteiger partial charge in [0.2, 0.25) is 0 Å². The van der Waals surface area contributed by atoms with Gasteiger partial charge >= 0.3 is 0 Å². The number of hydrogen-bond acceptors (Lipinski definition) is 3. The fourth-order valence-electron chi connectivity index (χ4n) is 1.59. The Morgan fingerprint density at radius 3 is 3.07 bits per heavy atom. The molecule has 3 nitrogen and oxygen atoms in total. The number of aliphatic hydroxyl groups excluding tert-OH is 1. The Labute approximate surface area is 87.2 Å². The molecule has 0 saturated carbocycles. The summed E-state index contributed by atoms with van der Waals surface area (Å²) in [7, 11) is 0. The van der Waals surface area contributed by atoms with Gasteiger partial charge in [0, 0.05) is 11.8 Å². The SMILES string of the molecule is OC(C1=COCCC1)c1ccncc1F. The van der Waals surface area contributed by atoms with Gasteiger partial charge in [-0.05, 0) is 24.5 Å². The first-order valence-electron chi connectivity index (χ1n) is 4.87. The molecule has 2 rings (SSSR count). The van der Waals surface area contributed by atoms with Gasteiger partial charge in [-0.15, -0.1) is 0 Å². The van der Waals surface area contributed by atoms with Gasteiger partial charge in [0.05, 0.1) is 19.1 Å². The normalized spacial score (nSPS) is 17.9. The molecule has 1 aromatic heterocycles. The Morgan fingerprint density at radius 2 is 2.40 bits per heavy atom. The van der Waals surface area contributed by atoms with Crippen molar-refractivity contribution in [1.29, 1.82) is 0 Å². The largest absolute Gasteiger partial charge is 0.501 e. The summed E-state index contributed by atoms with van der Waals surface area (Å²) >= 11 is 0. The lowest BCUT2D eigenvalue weighted by Crippen LogP contribution is -2.09. The highest BCUT2D eigenvalue weighted by Gasteiger charge is 2.19. The Bertz CT molecular complexity index is 379. The Balaban J connectivity index is 2.23. The molecule has 2 heterocycles. The van der Waals surface area contributed by atoms with Crippen LogP contribution < -0.4 is 0 Å². The first-order chi connectivity index (χ1) is 7.29. The van der Waals surface area contributed by atoms with Crippen molar-refractivity contribution in [2.24, 2.45) is 0 Å². The Hall–Kier alpha value is -1.42. The molecular weight excluding hydrogens is 197 g/mol. The highest BCUT2D eigenvalue weighted by molar-refractivity contribution is 5.25. The number of pyridine rings is 1. The van der Waals surface area contributed by atoms with E-state index in [1.165, 1.54) is 18.5 Å². The summed E-state index contributed by atoms with van der Waals surface area (Å²) in [6.45, 7) is 0.662. The van der Waals surface area contributed by atoms with Crippen LogP contribution >= 0.6 is 0 Å². The van der Waals surface area contributed by atoms with Gasteiger partial charge in [0.1, 0.15) is 11.9 Å². The van der Waals surface area contributed by atoms with Gasteiger partial charge in [-0.1, -0.05) is 0 Å². The van der Waals surface area contributed by atoms with Crippen molar-refractivity contribution < 1.29 is 14.2 Å². The summed E-state index contributed by atoms with van der Waals surface area (Å²) in [5.74, 6) is -0.489. The summed E-state index contributed by atoms with van der Waals surface area (Å²) in [5, 5.41) is 9.91. The lowest BCUT2D eigenvalue weighted by atomic mass is 9.98. The smallest absolute Gasteiger partial charge is 0.147 e. The molecule has 1 unspecified atom stereocenters. The fraction of sp³-hybridized carbons (Fsp3) is 0.364. The molecule has 1 aromatic rings. The predicted octanol–water partition coefficient (Wildman–Crippen LogP) is 1.95.